The number of aliphatic hydroxyl groups excluding tert-OH is 1. The molecular formula is C15H21N3O2. The average molecular weight is 275 g/mol. The second kappa shape index (κ2) is 7.19. The number of aromatic nitrogens is 1. The highest BCUT2D eigenvalue weighted by atomic mass is 16.5. The van der Waals surface area contributed by atoms with E-state index in [1.54, 1.807) is 7.11 Å². The number of anilines is 1. The van der Waals surface area contributed by atoms with Crippen molar-refractivity contribution < 1.29 is 9.84 Å². The summed E-state index contributed by atoms with van der Waals surface area (Å²) in [7, 11) is 1.67. The lowest BCUT2D eigenvalue weighted by molar-refractivity contribution is 0.127. The second-order valence-electron chi connectivity index (χ2n) is 4.72. The van der Waals surface area contributed by atoms with Crippen LogP contribution in [-0.2, 0) is 11.3 Å². The summed E-state index contributed by atoms with van der Waals surface area (Å²) in [6.07, 6.45) is 0. The molecule has 1 aromatic heterocycles. The van der Waals surface area contributed by atoms with E-state index in [0.717, 1.165) is 23.0 Å². The van der Waals surface area contributed by atoms with Gasteiger partial charge >= 0.3 is 0 Å². The van der Waals surface area contributed by atoms with Gasteiger partial charge in [0.2, 0.25) is 0 Å². The van der Waals surface area contributed by atoms with Crippen LogP contribution in [0, 0.1) is 0 Å². The van der Waals surface area contributed by atoms with Gasteiger partial charge in [0.15, 0.2) is 0 Å². The molecule has 0 fully saturated rings. The molecule has 3 N–H and O–H groups in total. The number of ether oxygens (including phenoxy) is 1. The van der Waals surface area contributed by atoms with E-state index in [2.05, 4.69) is 16.0 Å². The Hall–Kier alpha value is -1.69. The Morgan fingerprint density at radius 3 is 2.85 bits per heavy atom. The Balaban J connectivity index is 2.19. The van der Waals surface area contributed by atoms with Crippen LogP contribution in [-0.4, -0.2) is 48.4 Å². The number of pyridine rings is 1. The van der Waals surface area contributed by atoms with E-state index in [4.69, 9.17) is 15.6 Å². The van der Waals surface area contributed by atoms with Crippen molar-refractivity contribution in [2.45, 2.75) is 6.54 Å². The highest BCUT2D eigenvalue weighted by Crippen LogP contribution is 2.19. The first kappa shape index (κ1) is 14.7. The molecule has 0 unspecified atom stereocenters. The van der Waals surface area contributed by atoms with Gasteiger partial charge in [-0.1, -0.05) is 18.2 Å². The molecule has 0 saturated carbocycles. The number of nitrogens with zero attached hydrogens (tertiary/aromatic N) is 2. The summed E-state index contributed by atoms with van der Waals surface area (Å²) in [5, 5.41) is 10.2. The molecule has 0 aliphatic carbocycles. The molecule has 2 aromatic rings. The highest BCUT2D eigenvalue weighted by molar-refractivity contribution is 5.81. The summed E-state index contributed by atoms with van der Waals surface area (Å²) in [5.74, 6) is 0.545. The molecule has 5 nitrogen and oxygen atoms in total. The van der Waals surface area contributed by atoms with Crippen molar-refractivity contribution in [2.24, 2.45) is 0 Å². The van der Waals surface area contributed by atoms with E-state index in [1.807, 2.05) is 24.3 Å². The predicted octanol–water partition coefficient (Wildman–Crippen LogP) is 1.26. The van der Waals surface area contributed by atoms with Crippen LogP contribution >= 0.6 is 0 Å². The number of hydrogen-bond acceptors (Lipinski definition) is 5. The smallest absolute Gasteiger partial charge is 0.128 e. The zero-order chi connectivity index (χ0) is 14.4. The first-order valence-electron chi connectivity index (χ1n) is 6.71. The van der Waals surface area contributed by atoms with Crippen molar-refractivity contribution in [1.82, 2.24) is 9.88 Å². The number of rotatable bonds is 7. The molecule has 0 atom stereocenters. The molecule has 0 radical (unpaired) electrons. The summed E-state index contributed by atoms with van der Waals surface area (Å²) in [6, 6.07) is 9.98. The molecule has 0 aliphatic heterocycles. The molecule has 1 aromatic carbocycles. The zero-order valence-electron chi connectivity index (χ0n) is 11.7. The summed E-state index contributed by atoms with van der Waals surface area (Å²) in [5.41, 5.74) is 7.91. The van der Waals surface area contributed by atoms with E-state index in [9.17, 15) is 0 Å². The van der Waals surface area contributed by atoms with Gasteiger partial charge in [-0.25, -0.2) is 4.98 Å². The number of benzene rings is 1. The monoisotopic (exact) mass is 275 g/mol. The van der Waals surface area contributed by atoms with Crippen LogP contribution in [0.15, 0.2) is 30.3 Å². The normalized spacial score (nSPS) is 11.3. The first-order chi connectivity index (χ1) is 9.74. The molecule has 108 valence electrons. The lowest BCUT2D eigenvalue weighted by Gasteiger charge is -2.21. The van der Waals surface area contributed by atoms with Crippen LogP contribution in [0.1, 0.15) is 5.56 Å². The van der Waals surface area contributed by atoms with Gasteiger partial charge in [-0.15, -0.1) is 0 Å². The van der Waals surface area contributed by atoms with Crippen LogP contribution in [0.5, 0.6) is 0 Å². The summed E-state index contributed by atoms with van der Waals surface area (Å²) in [6.45, 7) is 2.75. The Kier molecular flexibility index (Phi) is 5.29. The molecule has 0 aliphatic rings. The van der Waals surface area contributed by atoms with Gasteiger partial charge in [0.25, 0.3) is 0 Å². The highest BCUT2D eigenvalue weighted by Gasteiger charge is 2.09. The van der Waals surface area contributed by atoms with Gasteiger partial charge in [0, 0.05) is 37.7 Å². The van der Waals surface area contributed by atoms with Gasteiger partial charge in [-0.05, 0) is 12.1 Å². The molecule has 20 heavy (non-hydrogen) atoms. The van der Waals surface area contributed by atoms with Gasteiger partial charge in [0.1, 0.15) is 5.82 Å². The van der Waals surface area contributed by atoms with Crippen LogP contribution in [0.4, 0.5) is 5.82 Å². The topological polar surface area (TPSA) is 71.6 Å². The van der Waals surface area contributed by atoms with E-state index in [1.165, 1.54) is 0 Å². The lowest BCUT2D eigenvalue weighted by Crippen LogP contribution is -2.30. The summed E-state index contributed by atoms with van der Waals surface area (Å²) >= 11 is 0. The first-order valence-corrected chi connectivity index (χ1v) is 6.71. The number of hydrogen-bond donors (Lipinski definition) is 2. The van der Waals surface area contributed by atoms with Gasteiger partial charge in [-0.3, -0.25) is 4.90 Å². The maximum atomic E-state index is 9.13. The zero-order valence-corrected chi connectivity index (χ0v) is 11.7. The number of nitrogens with two attached hydrogens (primary N) is 1. The summed E-state index contributed by atoms with van der Waals surface area (Å²) in [4.78, 5) is 6.53. The Labute approximate surface area is 119 Å². The minimum Gasteiger partial charge on any atom is -0.395 e. The SMILES string of the molecule is COCCN(CCO)Cc1cc2ccccc2nc1N. The quantitative estimate of drug-likeness (QED) is 0.796. The third-order valence-corrected chi connectivity index (χ3v) is 3.26. The van der Waals surface area contributed by atoms with Crippen molar-refractivity contribution >= 4 is 16.7 Å². The van der Waals surface area contributed by atoms with Gasteiger partial charge in [-0.2, -0.15) is 0 Å². The Bertz CT molecular complexity index is 560. The van der Waals surface area contributed by atoms with Crippen molar-refractivity contribution in [3.63, 3.8) is 0 Å². The van der Waals surface area contributed by atoms with Gasteiger partial charge in [0.05, 0.1) is 18.7 Å². The number of methoxy groups -OCH3 is 1. The minimum atomic E-state index is 0.116. The molecular weight excluding hydrogens is 254 g/mol. The van der Waals surface area contributed by atoms with E-state index in [0.29, 0.717) is 25.5 Å². The van der Waals surface area contributed by atoms with Crippen LogP contribution in [0.25, 0.3) is 10.9 Å². The third-order valence-electron chi connectivity index (χ3n) is 3.26. The minimum absolute atomic E-state index is 0.116. The molecule has 0 saturated heterocycles. The number of nitrogen functional groups attached to an aromatic ring is 1. The summed E-state index contributed by atoms with van der Waals surface area (Å²) < 4.78 is 5.09. The fourth-order valence-corrected chi connectivity index (χ4v) is 2.17. The average Bonchev–Trinajstić information content (AvgIpc) is 2.45. The number of fused-ring (bicyclic) bond motifs is 1. The molecule has 0 spiro atoms. The largest absolute Gasteiger partial charge is 0.395 e. The third kappa shape index (κ3) is 3.66. The van der Waals surface area contributed by atoms with E-state index >= 15 is 0 Å². The molecule has 0 bridgehead atoms. The maximum Gasteiger partial charge on any atom is 0.128 e. The number of aliphatic hydroxyl groups is 1. The van der Waals surface area contributed by atoms with E-state index < -0.39 is 0 Å². The molecule has 1 heterocycles. The maximum absolute atomic E-state index is 9.13. The van der Waals surface area contributed by atoms with Crippen molar-refractivity contribution in [3.8, 4) is 0 Å². The van der Waals surface area contributed by atoms with Crippen LogP contribution in [0.2, 0.25) is 0 Å². The molecule has 5 heteroatoms. The fraction of sp³-hybridized carbons (Fsp3) is 0.400. The number of para-hydroxylation sites is 1. The standard InChI is InChI=1S/C15H21N3O2/c1-20-9-7-18(6-8-19)11-13-10-12-4-2-3-5-14(12)17-15(13)16/h2-5,10,19H,6-9,11H2,1H3,(H2,16,17). The van der Waals surface area contributed by atoms with Crippen molar-refractivity contribution in [3.05, 3.63) is 35.9 Å². The molecule has 0 amide bonds. The van der Waals surface area contributed by atoms with Crippen LogP contribution in [0.3, 0.4) is 0 Å². The van der Waals surface area contributed by atoms with Crippen molar-refractivity contribution in [2.75, 3.05) is 39.1 Å². The second-order valence-corrected chi connectivity index (χ2v) is 4.72. The fourth-order valence-electron chi connectivity index (χ4n) is 2.17. The van der Waals surface area contributed by atoms with E-state index in [-0.39, 0.29) is 6.61 Å². The Morgan fingerprint density at radius 2 is 2.10 bits per heavy atom. The van der Waals surface area contributed by atoms with Crippen molar-refractivity contribution in [1.29, 1.82) is 0 Å². The molecule has 2 rings (SSSR count). The predicted molar refractivity (Wildman–Crippen MR) is 80.4 cm³/mol. The lowest BCUT2D eigenvalue weighted by atomic mass is 10.1. The van der Waals surface area contributed by atoms with Crippen LogP contribution < -0.4 is 5.73 Å². The Morgan fingerprint density at radius 1 is 1.30 bits per heavy atom. The van der Waals surface area contributed by atoms with Gasteiger partial charge < -0.3 is 15.6 Å².